The molecular formula is C15H21NO2. The zero-order chi connectivity index (χ0) is 13.4. The van der Waals surface area contributed by atoms with Crippen LogP contribution in [0.1, 0.15) is 45.4 Å². The Hall–Kier alpha value is -1.56. The largest absolute Gasteiger partial charge is 0.478 e. The highest BCUT2D eigenvalue weighted by Crippen LogP contribution is 2.33. The summed E-state index contributed by atoms with van der Waals surface area (Å²) in [7, 11) is 0. The van der Waals surface area contributed by atoms with Gasteiger partial charge in [-0.1, -0.05) is 31.6 Å². The van der Waals surface area contributed by atoms with Crippen LogP contribution in [0.4, 0.5) is 0 Å². The fourth-order valence-electron chi connectivity index (χ4n) is 2.35. The van der Waals surface area contributed by atoms with Crippen LogP contribution in [0.2, 0.25) is 0 Å². The molecule has 0 unspecified atom stereocenters. The quantitative estimate of drug-likeness (QED) is 0.595. The van der Waals surface area contributed by atoms with Gasteiger partial charge < -0.3 is 5.11 Å². The second kappa shape index (κ2) is 7.71. The second-order valence-electron chi connectivity index (χ2n) is 4.82. The van der Waals surface area contributed by atoms with Crippen molar-refractivity contribution in [2.24, 2.45) is 11.8 Å². The van der Waals surface area contributed by atoms with E-state index in [9.17, 15) is 9.90 Å². The molecule has 1 saturated carbocycles. The Morgan fingerprint density at radius 1 is 1.39 bits per heavy atom. The van der Waals surface area contributed by atoms with E-state index in [1.807, 2.05) is 12.2 Å². The molecule has 1 rings (SSSR count). The van der Waals surface area contributed by atoms with Gasteiger partial charge in [0.1, 0.15) is 0 Å². The van der Waals surface area contributed by atoms with Gasteiger partial charge in [-0.15, -0.1) is 0 Å². The molecule has 0 heterocycles. The second-order valence-corrected chi connectivity index (χ2v) is 4.82. The Morgan fingerprint density at radius 3 is 2.56 bits per heavy atom. The van der Waals surface area contributed by atoms with E-state index in [4.69, 9.17) is 5.26 Å². The van der Waals surface area contributed by atoms with Crippen LogP contribution in [0.5, 0.6) is 0 Å². The summed E-state index contributed by atoms with van der Waals surface area (Å²) in [4.78, 5) is 11.2. The fraction of sp³-hybridized carbons (Fsp3) is 0.600. The summed E-state index contributed by atoms with van der Waals surface area (Å²) < 4.78 is 0. The summed E-state index contributed by atoms with van der Waals surface area (Å²) >= 11 is 0. The molecule has 0 bridgehead atoms. The Kier molecular flexibility index (Phi) is 6.21. The van der Waals surface area contributed by atoms with Crippen molar-refractivity contribution in [1.82, 2.24) is 0 Å². The van der Waals surface area contributed by atoms with E-state index in [0.717, 1.165) is 38.5 Å². The third kappa shape index (κ3) is 4.37. The van der Waals surface area contributed by atoms with Gasteiger partial charge in [0.25, 0.3) is 0 Å². The van der Waals surface area contributed by atoms with Crippen LogP contribution in [-0.2, 0) is 4.79 Å². The van der Waals surface area contributed by atoms with E-state index in [-0.39, 0.29) is 11.8 Å². The summed E-state index contributed by atoms with van der Waals surface area (Å²) in [5.74, 6) is -0.595. The van der Waals surface area contributed by atoms with Crippen molar-refractivity contribution < 1.29 is 9.90 Å². The summed E-state index contributed by atoms with van der Waals surface area (Å²) in [6.07, 6.45) is 10.9. The lowest BCUT2D eigenvalue weighted by Gasteiger charge is -2.25. The molecule has 0 aromatic heterocycles. The minimum absolute atomic E-state index is 0.110. The van der Waals surface area contributed by atoms with Crippen LogP contribution in [0.3, 0.4) is 0 Å². The third-order valence-corrected chi connectivity index (χ3v) is 3.46. The first kappa shape index (κ1) is 14.5. The smallest absolute Gasteiger partial charge is 0.331 e. The maximum Gasteiger partial charge on any atom is 0.331 e. The average molecular weight is 247 g/mol. The highest BCUT2D eigenvalue weighted by Gasteiger charge is 2.26. The molecule has 1 fully saturated rings. The fourth-order valence-corrected chi connectivity index (χ4v) is 2.35. The minimum atomic E-state index is -0.823. The predicted molar refractivity (Wildman–Crippen MR) is 70.8 cm³/mol. The number of carboxylic acids is 1. The van der Waals surface area contributed by atoms with Crippen molar-refractivity contribution in [3.05, 3.63) is 23.8 Å². The van der Waals surface area contributed by atoms with Crippen molar-refractivity contribution in [1.29, 1.82) is 5.26 Å². The number of rotatable bonds is 5. The molecule has 1 aliphatic rings. The van der Waals surface area contributed by atoms with Gasteiger partial charge in [-0.3, -0.25) is 0 Å². The monoisotopic (exact) mass is 247 g/mol. The molecule has 0 aliphatic heterocycles. The number of hydrogen-bond acceptors (Lipinski definition) is 2. The number of allylic oxidation sites excluding steroid dienone is 3. The van der Waals surface area contributed by atoms with Gasteiger partial charge in [0.05, 0.1) is 6.07 Å². The number of nitriles is 1. The number of hydrogen-bond donors (Lipinski definition) is 1. The molecule has 98 valence electrons. The van der Waals surface area contributed by atoms with Gasteiger partial charge in [-0.05, 0) is 38.0 Å². The number of aliphatic carboxylic acids is 1. The van der Waals surface area contributed by atoms with Crippen molar-refractivity contribution in [2.75, 3.05) is 0 Å². The van der Waals surface area contributed by atoms with Crippen molar-refractivity contribution in [2.45, 2.75) is 45.4 Å². The average Bonchev–Trinajstić information content (AvgIpc) is 2.39. The van der Waals surface area contributed by atoms with Crippen LogP contribution >= 0.6 is 0 Å². The van der Waals surface area contributed by atoms with Crippen molar-refractivity contribution in [3.63, 3.8) is 0 Å². The Morgan fingerprint density at radius 2 is 2.06 bits per heavy atom. The molecule has 0 aromatic rings. The Labute approximate surface area is 109 Å². The molecule has 1 N–H and O–H groups in total. The summed E-state index contributed by atoms with van der Waals surface area (Å²) in [6.45, 7) is 2.09. The first-order valence-corrected chi connectivity index (χ1v) is 6.68. The zero-order valence-corrected chi connectivity index (χ0v) is 10.9. The maximum atomic E-state index is 11.2. The van der Waals surface area contributed by atoms with Crippen LogP contribution in [-0.4, -0.2) is 11.1 Å². The molecular weight excluding hydrogens is 226 g/mol. The number of carboxylic acid groups (broad SMARTS) is 1. The lowest BCUT2D eigenvalue weighted by atomic mass is 9.79. The molecule has 1 aliphatic carbocycles. The molecule has 18 heavy (non-hydrogen) atoms. The van der Waals surface area contributed by atoms with E-state index < -0.39 is 5.97 Å². The van der Waals surface area contributed by atoms with E-state index in [1.165, 1.54) is 0 Å². The number of carbonyl (C=O) groups is 1. The molecule has 0 spiro atoms. The van der Waals surface area contributed by atoms with E-state index in [0.29, 0.717) is 5.57 Å². The number of nitrogens with zero attached hydrogens (tertiary/aromatic N) is 1. The van der Waals surface area contributed by atoms with Crippen molar-refractivity contribution >= 4 is 5.97 Å². The Bertz CT molecular complexity index is 368. The summed E-state index contributed by atoms with van der Waals surface area (Å²) in [5, 5.41) is 18.1. The van der Waals surface area contributed by atoms with Crippen molar-refractivity contribution in [3.8, 4) is 6.07 Å². The predicted octanol–water partition coefficient (Wildman–Crippen LogP) is 3.68. The topological polar surface area (TPSA) is 61.1 Å². The summed E-state index contributed by atoms with van der Waals surface area (Å²) in [6, 6.07) is 2.27. The van der Waals surface area contributed by atoms with Crippen LogP contribution in [0.25, 0.3) is 0 Å². The molecule has 3 nitrogen and oxygen atoms in total. The molecule has 0 aromatic carbocycles. The first-order chi connectivity index (χ1) is 8.69. The number of unbranched alkanes of at least 4 members (excludes halogenated alkanes) is 1. The van der Waals surface area contributed by atoms with Crippen LogP contribution in [0.15, 0.2) is 23.8 Å². The van der Waals surface area contributed by atoms with Gasteiger partial charge in [0.15, 0.2) is 0 Å². The molecule has 0 atom stereocenters. The van der Waals surface area contributed by atoms with Gasteiger partial charge in [-0.2, -0.15) is 5.26 Å². The normalized spacial score (nSPS) is 25.0. The molecule has 0 saturated heterocycles. The maximum absolute atomic E-state index is 11.2. The lowest BCUT2D eigenvalue weighted by Crippen LogP contribution is -2.19. The van der Waals surface area contributed by atoms with Gasteiger partial charge >= 0.3 is 5.97 Å². The van der Waals surface area contributed by atoms with Gasteiger partial charge in [-0.25, -0.2) is 4.79 Å². The lowest BCUT2D eigenvalue weighted by molar-refractivity contribution is -0.133. The minimum Gasteiger partial charge on any atom is -0.478 e. The van der Waals surface area contributed by atoms with Gasteiger partial charge in [0.2, 0.25) is 0 Å². The standard InChI is InChI=1S/C15H21NO2/c1-2-3-4-5-6-14(15(17)18)13-9-7-12(11-16)8-10-13/h4-6,12-13H,2-3,7-10H2,1H3,(H,17,18). The van der Waals surface area contributed by atoms with E-state index in [1.54, 1.807) is 6.08 Å². The van der Waals surface area contributed by atoms with Crippen LogP contribution < -0.4 is 0 Å². The van der Waals surface area contributed by atoms with E-state index in [2.05, 4.69) is 13.0 Å². The zero-order valence-electron chi connectivity index (χ0n) is 10.9. The van der Waals surface area contributed by atoms with Crippen LogP contribution in [0, 0.1) is 23.2 Å². The SMILES string of the molecule is CCCC=CC=C(C(=O)O)C1CCC(C#N)CC1. The molecule has 3 heteroatoms. The third-order valence-electron chi connectivity index (χ3n) is 3.46. The highest BCUT2D eigenvalue weighted by atomic mass is 16.4. The summed E-state index contributed by atoms with van der Waals surface area (Å²) in [5.41, 5.74) is 0.499. The molecule has 0 amide bonds. The molecule has 0 radical (unpaired) electrons. The highest BCUT2D eigenvalue weighted by molar-refractivity contribution is 5.87. The first-order valence-electron chi connectivity index (χ1n) is 6.68. The Balaban J connectivity index is 2.63. The van der Waals surface area contributed by atoms with E-state index >= 15 is 0 Å². The van der Waals surface area contributed by atoms with Gasteiger partial charge in [0, 0.05) is 11.5 Å².